The van der Waals surface area contributed by atoms with E-state index in [4.69, 9.17) is 0 Å². The topological polar surface area (TPSA) is 32.3 Å². The fourth-order valence-electron chi connectivity index (χ4n) is 2.33. The number of aliphatic hydroxyl groups excluding tert-OH is 1. The Bertz CT molecular complexity index is 126. The van der Waals surface area contributed by atoms with Gasteiger partial charge in [-0.25, -0.2) is 0 Å². The van der Waals surface area contributed by atoms with Gasteiger partial charge in [-0.15, -0.1) is 0 Å². The molecule has 0 aromatic carbocycles. The summed E-state index contributed by atoms with van der Waals surface area (Å²) in [7, 11) is 0. The quantitative estimate of drug-likeness (QED) is 0.515. The lowest BCUT2D eigenvalue weighted by molar-refractivity contribution is 0.0652. The van der Waals surface area contributed by atoms with E-state index in [1.54, 1.807) is 0 Å². The Labute approximate surface area is 61.6 Å². The van der Waals surface area contributed by atoms with Gasteiger partial charge < -0.3 is 10.4 Å². The van der Waals surface area contributed by atoms with E-state index in [9.17, 15) is 5.11 Å². The van der Waals surface area contributed by atoms with Crippen LogP contribution < -0.4 is 5.32 Å². The molecule has 58 valence electrons. The Balaban J connectivity index is 2.03. The van der Waals surface area contributed by atoms with Crippen molar-refractivity contribution in [3.05, 3.63) is 0 Å². The van der Waals surface area contributed by atoms with Gasteiger partial charge in [0.15, 0.2) is 0 Å². The number of rotatable bonds is 0. The molecular formula is C8H15NO. The van der Waals surface area contributed by atoms with Gasteiger partial charge in [-0.3, -0.25) is 0 Å². The van der Waals surface area contributed by atoms with Crippen LogP contribution in [0.15, 0.2) is 0 Å². The number of aliphatic hydroxyl groups is 1. The Morgan fingerprint density at radius 1 is 1.20 bits per heavy atom. The molecule has 1 saturated carbocycles. The largest absolute Gasteiger partial charge is 0.393 e. The zero-order chi connectivity index (χ0) is 6.97. The van der Waals surface area contributed by atoms with Crippen LogP contribution in [0.2, 0.25) is 0 Å². The Kier molecular flexibility index (Phi) is 1.66. The second kappa shape index (κ2) is 2.51. The summed E-state index contributed by atoms with van der Waals surface area (Å²) < 4.78 is 0. The molecular weight excluding hydrogens is 126 g/mol. The molecule has 2 heteroatoms. The molecule has 0 unspecified atom stereocenters. The molecule has 0 bridgehead atoms. The predicted molar refractivity (Wildman–Crippen MR) is 39.8 cm³/mol. The van der Waals surface area contributed by atoms with Gasteiger partial charge in [-0.2, -0.15) is 0 Å². The third-order valence-corrected chi connectivity index (χ3v) is 2.91. The monoisotopic (exact) mass is 141 g/mol. The molecule has 1 saturated heterocycles. The van der Waals surface area contributed by atoms with Gasteiger partial charge in [0.1, 0.15) is 0 Å². The number of nitrogens with one attached hydrogen (secondary N) is 1. The van der Waals surface area contributed by atoms with Crippen molar-refractivity contribution in [3.63, 3.8) is 0 Å². The van der Waals surface area contributed by atoms with Crippen molar-refractivity contribution in [2.24, 2.45) is 5.92 Å². The summed E-state index contributed by atoms with van der Waals surface area (Å²) in [5, 5.41) is 13.0. The van der Waals surface area contributed by atoms with Crippen LogP contribution in [-0.2, 0) is 0 Å². The summed E-state index contributed by atoms with van der Waals surface area (Å²) in [5.74, 6) is 0.578. The van der Waals surface area contributed by atoms with Crippen molar-refractivity contribution in [2.45, 2.75) is 37.8 Å². The maximum atomic E-state index is 9.54. The fraction of sp³-hybridized carbons (Fsp3) is 1.00. The lowest BCUT2D eigenvalue weighted by atomic mass is 9.83. The van der Waals surface area contributed by atoms with E-state index >= 15 is 0 Å². The highest BCUT2D eigenvalue weighted by Gasteiger charge is 2.34. The van der Waals surface area contributed by atoms with Crippen LogP contribution in [0, 0.1) is 5.92 Å². The van der Waals surface area contributed by atoms with Gasteiger partial charge in [-0.1, -0.05) is 0 Å². The molecule has 2 rings (SSSR count). The molecule has 2 fully saturated rings. The highest BCUT2D eigenvalue weighted by molar-refractivity contribution is 4.91. The van der Waals surface area contributed by atoms with Gasteiger partial charge in [0, 0.05) is 12.0 Å². The van der Waals surface area contributed by atoms with Crippen molar-refractivity contribution in [3.8, 4) is 0 Å². The Morgan fingerprint density at radius 2 is 2.10 bits per heavy atom. The first kappa shape index (κ1) is 6.62. The Hall–Kier alpha value is -0.0800. The van der Waals surface area contributed by atoms with Crippen LogP contribution in [0.4, 0.5) is 0 Å². The van der Waals surface area contributed by atoms with Crippen molar-refractivity contribution in [1.29, 1.82) is 0 Å². The minimum absolute atomic E-state index is 0.00579. The summed E-state index contributed by atoms with van der Waals surface area (Å²) in [6, 6.07) is 0.642. The molecule has 0 spiro atoms. The summed E-state index contributed by atoms with van der Waals surface area (Å²) in [6.07, 6.45) is 4.69. The van der Waals surface area contributed by atoms with Crippen LogP contribution in [0.5, 0.6) is 0 Å². The molecule has 2 N–H and O–H groups in total. The SMILES string of the molecule is O[C@H]1CCC[C@H]2NCC[C@@H]12. The first-order valence-electron chi connectivity index (χ1n) is 4.29. The lowest BCUT2D eigenvalue weighted by Crippen LogP contribution is -2.37. The number of hydrogen-bond donors (Lipinski definition) is 2. The number of fused-ring (bicyclic) bond motifs is 1. The van der Waals surface area contributed by atoms with E-state index in [0.29, 0.717) is 12.0 Å². The van der Waals surface area contributed by atoms with E-state index in [1.807, 2.05) is 0 Å². The van der Waals surface area contributed by atoms with Crippen LogP contribution in [0.1, 0.15) is 25.7 Å². The molecule has 3 atom stereocenters. The molecule has 0 radical (unpaired) electrons. The van der Waals surface area contributed by atoms with Crippen molar-refractivity contribution < 1.29 is 5.11 Å². The maximum Gasteiger partial charge on any atom is 0.0583 e. The molecule has 2 aliphatic rings. The molecule has 10 heavy (non-hydrogen) atoms. The smallest absolute Gasteiger partial charge is 0.0583 e. The first-order chi connectivity index (χ1) is 4.88. The second-order valence-corrected chi connectivity index (χ2v) is 3.51. The molecule has 0 aromatic heterocycles. The molecule has 2 nitrogen and oxygen atoms in total. The van der Waals surface area contributed by atoms with Crippen molar-refractivity contribution >= 4 is 0 Å². The van der Waals surface area contributed by atoms with Crippen LogP contribution in [-0.4, -0.2) is 23.8 Å². The van der Waals surface area contributed by atoms with Gasteiger partial charge in [0.05, 0.1) is 6.10 Å². The van der Waals surface area contributed by atoms with E-state index in [-0.39, 0.29) is 6.10 Å². The second-order valence-electron chi connectivity index (χ2n) is 3.51. The average Bonchev–Trinajstić information content (AvgIpc) is 2.36. The van der Waals surface area contributed by atoms with E-state index in [0.717, 1.165) is 13.0 Å². The third kappa shape index (κ3) is 0.956. The molecule has 1 aliphatic heterocycles. The van der Waals surface area contributed by atoms with Crippen molar-refractivity contribution in [2.75, 3.05) is 6.54 Å². The van der Waals surface area contributed by atoms with Crippen LogP contribution in [0.25, 0.3) is 0 Å². The third-order valence-electron chi connectivity index (χ3n) is 2.91. The summed E-state index contributed by atoms with van der Waals surface area (Å²) in [4.78, 5) is 0. The maximum absolute atomic E-state index is 9.54. The van der Waals surface area contributed by atoms with E-state index in [1.165, 1.54) is 19.3 Å². The standard InChI is InChI=1S/C8H15NO/c10-8-3-1-2-7-6(8)4-5-9-7/h6-10H,1-5H2/t6-,7-,8+/m1/s1. The minimum atomic E-state index is -0.00579. The van der Waals surface area contributed by atoms with Gasteiger partial charge >= 0.3 is 0 Å². The van der Waals surface area contributed by atoms with E-state index in [2.05, 4.69) is 5.32 Å². The molecule has 0 amide bonds. The zero-order valence-electron chi connectivity index (χ0n) is 6.21. The van der Waals surface area contributed by atoms with Gasteiger partial charge in [0.25, 0.3) is 0 Å². The zero-order valence-corrected chi connectivity index (χ0v) is 6.21. The summed E-state index contributed by atoms with van der Waals surface area (Å²) >= 11 is 0. The normalized spacial score (nSPS) is 47.1. The highest BCUT2D eigenvalue weighted by atomic mass is 16.3. The molecule has 1 aliphatic carbocycles. The van der Waals surface area contributed by atoms with Crippen LogP contribution >= 0.6 is 0 Å². The summed E-state index contributed by atoms with van der Waals surface area (Å²) in [5.41, 5.74) is 0. The van der Waals surface area contributed by atoms with Crippen LogP contribution in [0.3, 0.4) is 0 Å². The molecule has 1 heterocycles. The highest BCUT2D eigenvalue weighted by Crippen LogP contribution is 2.30. The first-order valence-corrected chi connectivity index (χ1v) is 4.29. The minimum Gasteiger partial charge on any atom is -0.393 e. The van der Waals surface area contributed by atoms with E-state index < -0.39 is 0 Å². The van der Waals surface area contributed by atoms with Gasteiger partial charge in [-0.05, 0) is 32.2 Å². The summed E-state index contributed by atoms with van der Waals surface area (Å²) in [6.45, 7) is 1.12. The van der Waals surface area contributed by atoms with Crippen molar-refractivity contribution in [1.82, 2.24) is 5.32 Å². The lowest BCUT2D eigenvalue weighted by Gasteiger charge is -2.29. The molecule has 0 aromatic rings. The van der Waals surface area contributed by atoms with Gasteiger partial charge in [0.2, 0.25) is 0 Å². The average molecular weight is 141 g/mol. The Morgan fingerprint density at radius 3 is 2.90 bits per heavy atom. The predicted octanol–water partition coefficient (Wildman–Crippen LogP) is 0.509. The fourth-order valence-corrected chi connectivity index (χ4v) is 2.33. The number of hydrogen-bond acceptors (Lipinski definition) is 2.